The normalized spacial score (nSPS) is 11.0. The highest BCUT2D eigenvalue weighted by atomic mass is 127. The lowest BCUT2D eigenvalue weighted by atomic mass is 10.2. The molecule has 0 aliphatic rings. The van der Waals surface area contributed by atoms with Crippen LogP contribution in [0.25, 0.3) is 0 Å². The minimum atomic E-state index is -4.01. The maximum absolute atomic E-state index is 12.2. The van der Waals surface area contributed by atoms with Crippen molar-refractivity contribution < 1.29 is 22.1 Å². The molecule has 2 aromatic rings. The Morgan fingerprint density at radius 3 is 2.48 bits per heavy atom. The van der Waals surface area contributed by atoms with Crippen LogP contribution in [0.1, 0.15) is 10.4 Å². The lowest BCUT2D eigenvalue weighted by Crippen LogP contribution is -2.11. The van der Waals surface area contributed by atoms with Gasteiger partial charge in [0.05, 0.1) is 12.7 Å². The van der Waals surface area contributed by atoms with Crippen molar-refractivity contribution in [2.75, 3.05) is 7.11 Å². The van der Waals surface area contributed by atoms with Crippen LogP contribution in [-0.4, -0.2) is 21.5 Å². The first-order valence-corrected chi connectivity index (χ1v) is 8.29. The number of rotatable bonds is 4. The first-order chi connectivity index (χ1) is 9.92. The second kappa shape index (κ2) is 6.44. The van der Waals surface area contributed by atoms with Gasteiger partial charge in [-0.1, -0.05) is 12.1 Å². The number of carbonyl (C=O) groups excluding carboxylic acids is 1. The van der Waals surface area contributed by atoms with E-state index in [1.54, 1.807) is 18.2 Å². The molecule has 2 rings (SSSR count). The number of benzene rings is 2. The summed E-state index contributed by atoms with van der Waals surface area (Å²) in [6.45, 7) is 0. The lowest BCUT2D eigenvalue weighted by Gasteiger charge is -2.08. The third-order valence-electron chi connectivity index (χ3n) is 2.55. The van der Waals surface area contributed by atoms with Crippen LogP contribution in [-0.2, 0) is 14.9 Å². The molecule has 0 aliphatic heterocycles. The highest BCUT2D eigenvalue weighted by Gasteiger charge is 2.19. The fourth-order valence-electron chi connectivity index (χ4n) is 1.59. The maximum Gasteiger partial charge on any atom is 0.339 e. The van der Waals surface area contributed by atoms with Crippen molar-refractivity contribution in [2.24, 2.45) is 0 Å². The van der Waals surface area contributed by atoms with Crippen molar-refractivity contribution in [3.63, 3.8) is 0 Å². The Morgan fingerprint density at radius 2 is 1.81 bits per heavy atom. The minimum absolute atomic E-state index is 0.107. The van der Waals surface area contributed by atoms with Gasteiger partial charge in [0.25, 0.3) is 0 Å². The van der Waals surface area contributed by atoms with Gasteiger partial charge in [0.15, 0.2) is 0 Å². The van der Waals surface area contributed by atoms with Gasteiger partial charge in [0, 0.05) is 3.57 Å². The molecule has 0 N–H and O–H groups in total. The summed E-state index contributed by atoms with van der Waals surface area (Å²) in [7, 11) is -2.78. The first kappa shape index (κ1) is 15.8. The van der Waals surface area contributed by atoms with Gasteiger partial charge in [-0.15, -0.1) is 0 Å². The van der Waals surface area contributed by atoms with Crippen LogP contribution in [0.2, 0.25) is 0 Å². The monoisotopic (exact) mass is 418 g/mol. The predicted octanol–water partition coefficient (Wildman–Crippen LogP) is 2.85. The van der Waals surface area contributed by atoms with Gasteiger partial charge in [-0.05, 0) is 59.0 Å². The van der Waals surface area contributed by atoms with E-state index in [-0.39, 0.29) is 16.2 Å². The third kappa shape index (κ3) is 3.94. The van der Waals surface area contributed by atoms with Crippen LogP contribution in [0.3, 0.4) is 0 Å². The zero-order valence-corrected chi connectivity index (χ0v) is 13.9. The van der Waals surface area contributed by atoms with Crippen molar-refractivity contribution in [1.82, 2.24) is 0 Å². The molecule has 0 radical (unpaired) electrons. The quantitative estimate of drug-likeness (QED) is 0.434. The third-order valence-corrected chi connectivity index (χ3v) is 4.46. The Bertz CT molecular complexity index is 770. The van der Waals surface area contributed by atoms with E-state index in [0.717, 1.165) is 3.57 Å². The second-order valence-corrected chi connectivity index (χ2v) is 6.81. The van der Waals surface area contributed by atoms with Crippen molar-refractivity contribution in [3.05, 3.63) is 57.7 Å². The molecule has 5 nitrogen and oxygen atoms in total. The van der Waals surface area contributed by atoms with Gasteiger partial charge >= 0.3 is 16.1 Å². The van der Waals surface area contributed by atoms with Crippen molar-refractivity contribution in [1.29, 1.82) is 0 Å². The van der Waals surface area contributed by atoms with E-state index in [2.05, 4.69) is 27.3 Å². The summed E-state index contributed by atoms with van der Waals surface area (Å²) in [5.41, 5.74) is 0.143. The predicted molar refractivity (Wildman–Crippen MR) is 84.8 cm³/mol. The van der Waals surface area contributed by atoms with E-state index in [4.69, 9.17) is 4.18 Å². The number of hydrogen-bond acceptors (Lipinski definition) is 5. The Morgan fingerprint density at radius 1 is 1.10 bits per heavy atom. The molecular weight excluding hydrogens is 407 g/mol. The first-order valence-electron chi connectivity index (χ1n) is 5.81. The second-order valence-electron chi connectivity index (χ2n) is 4.01. The highest BCUT2D eigenvalue weighted by Crippen LogP contribution is 2.21. The summed E-state index contributed by atoms with van der Waals surface area (Å²) in [5, 5.41) is 0. The molecule has 0 unspecified atom stereocenters. The minimum Gasteiger partial charge on any atom is -0.465 e. The van der Waals surface area contributed by atoms with Crippen LogP contribution in [0, 0.1) is 3.57 Å². The number of methoxy groups -OCH3 is 1. The van der Waals surface area contributed by atoms with Gasteiger partial charge in [0.2, 0.25) is 0 Å². The molecule has 0 amide bonds. The van der Waals surface area contributed by atoms with Gasteiger partial charge in [-0.25, -0.2) is 4.79 Å². The Balaban J connectivity index is 2.33. The van der Waals surface area contributed by atoms with E-state index < -0.39 is 16.1 Å². The molecule has 7 heteroatoms. The summed E-state index contributed by atoms with van der Waals surface area (Å²) < 4.78 is 34.9. The van der Waals surface area contributed by atoms with Crippen molar-refractivity contribution in [3.8, 4) is 5.75 Å². The summed E-state index contributed by atoms with van der Waals surface area (Å²) in [5.74, 6) is -0.397. The molecule has 0 bridgehead atoms. The molecule has 0 saturated carbocycles. The Labute approximate surface area is 136 Å². The van der Waals surface area contributed by atoms with E-state index in [9.17, 15) is 13.2 Å². The zero-order valence-electron chi connectivity index (χ0n) is 10.9. The molecule has 0 aromatic heterocycles. The van der Waals surface area contributed by atoms with Crippen molar-refractivity contribution in [2.45, 2.75) is 4.90 Å². The number of carbonyl (C=O) groups is 1. The molecular formula is C14H11IO5S. The smallest absolute Gasteiger partial charge is 0.339 e. The maximum atomic E-state index is 12.2. The molecule has 110 valence electrons. The van der Waals surface area contributed by atoms with Crippen molar-refractivity contribution >= 4 is 38.7 Å². The summed E-state index contributed by atoms with van der Waals surface area (Å²) in [6.07, 6.45) is 0. The lowest BCUT2D eigenvalue weighted by molar-refractivity contribution is 0.0600. The SMILES string of the molecule is COC(=O)c1cccc(S(=O)(=O)Oc2cccc(I)c2)c1. The molecule has 2 aromatic carbocycles. The molecule has 0 heterocycles. The van der Waals surface area contributed by atoms with E-state index >= 15 is 0 Å². The number of ether oxygens (including phenoxy) is 1. The topological polar surface area (TPSA) is 69.7 Å². The van der Waals surface area contributed by atoms with Crippen LogP contribution < -0.4 is 4.18 Å². The molecule has 0 saturated heterocycles. The molecule has 0 aliphatic carbocycles. The summed E-state index contributed by atoms with van der Waals surface area (Å²) >= 11 is 2.05. The van der Waals surface area contributed by atoms with Crippen LogP contribution in [0.4, 0.5) is 0 Å². The molecule has 0 spiro atoms. The Kier molecular flexibility index (Phi) is 4.84. The summed E-state index contributed by atoms with van der Waals surface area (Å²) in [4.78, 5) is 11.3. The fraction of sp³-hybridized carbons (Fsp3) is 0.0714. The number of halogens is 1. The standard InChI is InChI=1S/C14H11IO5S/c1-19-14(16)10-4-2-7-13(8-10)21(17,18)20-12-6-3-5-11(15)9-12/h2-9H,1H3. The summed E-state index contributed by atoms with van der Waals surface area (Å²) in [6, 6.07) is 12.2. The Hall–Kier alpha value is -1.61. The zero-order chi connectivity index (χ0) is 15.5. The number of esters is 1. The number of hydrogen-bond donors (Lipinski definition) is 0. The van der Waals surface area contributed by atoms with Gasteiger partial charge in [0.1, 0.15) is 10.6 Å². The van der Waals surface area contributed by atoms with Gasteiger partial charge in [-0.2, -0.15) is 8.42 Å². The van der Waals surface area contributed by atoms with Crippen LogP contribution in [0.5, 0.6) is 5.75 Å². The fourth-order valence-corrected chi connectivity index (χ4v) is 3.07. The van der Waals surface area contributed by atoms with Gasteiger partial charge in [-0.3, -0.25) is 0 Å². The van der Waals surface area contributed by atoms with Gasteiger partial charge < -0.3 is 8.92 Å². The van der Waals surface area contributed by atoms with E-state index in [1.807, 2.05) is 6.07 Å². The molecule has 21 heavy (non-hydrogen) atoms. The van der Waals surface area contributed by atoms with E-state index in [1.165, 1.54) is 31.4 Å². The van der Waals surface area contributed by atoms with Crippen LogP contribution in [0.15, 0.2) is 53.4 Å². The molecule has 0 fully saturated rings. The highest BCUT2D eigenvalue weighted by molar-refractivity contribution is 14.1. The average molecular weight is 418 g/mol. The largest absolute Gasteiger partial charge is 0.465 e. The van der Waals surface area contributed by atoms with E-state index in [0.29, 0.717) is 0 Å². The molecule has 0 atom stereocenters. The van der Waals surface area contributed by atoms with Crippen LogP contribution >= 0.6 is 22.6 Å². The average Bonchev–Trinajstić information content (AvgIpc) is 2.46.